The number of aromatic nitrogens is 1. The van der Waals surface area contributed by atoms with Crippen molar-refractivity contribution in [2.45, 2.75) is 6.61 Å². The van der Waals surface area contributed by atoms with Gasteiger partial charge in [-0.2, -0.15) is 0 Å². The van der Waals surface area contributed by atoms with Crippen LogP contribution in [0.2, 0.25) is 0 Å². The number of amides is 1. The normalized spacial score (nSPS) is 21.8. The number of carbonyl (C=O) groups excluding carboxylic acids is 1. The maximum atomic E-state index is 13.1. The van der Waals surface area contributed by atoms with Crippen molar-refractivity contribution in [1.29, 1.82) is 0 Å². The van der Waals surface area contributed by atoms with Gasteiger partial charge in [-0.1, -0.05) is 30.3 Å². The van der Waals surface area contributed by atoms with Crippen LogP contribution in [0.25, 0.3) is 0 Å². The van der Waals surface area contributed by atoms with Gasteiger partial charge in [0, 0.05) is 6.20 Å². The molecule has 2 bridgehead atoms. The molecule has 2 aliphatic rings. The Hall–Kier alpha value is -2.11. The van der Waals surface area contributed by atoms with Gasteiger partial charge in [0.15, 0.2) is 11.4 Å². The summed E-state index contributed by atoms with van der Waals surface area (Å²) in [5.74, 6) is -0.217. The molecule has 2 aromatic rings. The first-order valence-corrected chi connectivity index (χ1v) is 10.2. The lowest BCUT2D eigenvalue weighted by atomic mass is 10.2. The number of halogens is 1. The van der Waals surface area contributed by atoms with Crippen molar-refractivity contribution in [3.05, 3.63) is 66.8 Å². The number of hydrogen-bond acceptors (Lipinski definition) is 5. The van der Waals surface area contributed by atoms with Gasteiger partial charge < -0.3 is 19.5 Å². The molecule has 1 aromatic carbocycles. The second kappa shape index (κ2) is 7.37. The van der Waals surface area contributed by atoms with Crippen molar-refractivity contribution in [3.63, 3.8) is 0 Å². The van der Waals surface area contributed by atoms with Crippen LogP contribution in [0.5, 0.6) is 5.75 Å². The van der Waals surface area contributed by atoms with Gasteiger partial charge in [-0.25, -0.2) is 0 Å². The fraction of sp³-hybridized carbons (Fsp3) is 0.368. The van der Waals surface area contributed by atoms with Gasteiger partial charge >= 0.3 is 0 Å². The number of rotatable bonds is 3. The van der Waals surface area contributed by atoms with Crippen molar-refractivity contribution < 1.29 is 14.2 Å². The zero-order valence-electron chi connectivity index (χ0n) is 15.5. The maximum absolute atomic E-state index is 13.1. The molecule has 1 amide bonds. The molecule has 4 rings (SSSR count). The van der Waals surface area contributed by atoms with Crippen LogP contribution in [0.15, 0.2) is 41.3 Å². The summed E-state index contributed by atoms with van der Waals surface area (Å²) in [6, 6.07) is 9.52. The predicted octanol–water partition coefficient (Wildman–Crippen LogP) is 1.34. The number of ether oxygens (including phenoxy) is 1. The van der Waals surface area contributed by atoms with Crippen LogP contribution in [-0.2, 0) is 6.61 Å². The van der Waals surface area contributed by atoms with Crippen LogP contribution in [0, 0.1) is 8.78 Å². The molecule has 1 atom stereocenters. The summed E-state index contributed by atoms with van der Waals surface area (Å²) >= 11 is 1.96. The molecule has 1 fully saturated rings. The van der Waals surface area contributed by atoms with Crippen LogP contribution in [0.1, 0.15) is 16.1 Å². The van der Waals surface area contributed by atoms with Gasteiger partial charge in [0.2, 0.25) is 5.43 Å². The number of quaternary nitrogens is 1. The first kappa shape index (κ1) is 19.2. The Morgan fingerprint density at radius 2 is 1.89 bits per heavy atom. The summed E-state index contributed by atoms with van der Waals surface area (Å²) in [4.78, 5) is 27.6. The lowest BCUT2D eigenvalue weighted by Crippen LogP contribution is -2.61. The number of pyridine rings is 1. The third-order valence-electron chi connectivity index (χ3n) is 5.13. The summed E-state index contributed by atoms with van der Waals surface area (Å²) in [6.45, 7) is 2.15. The molecule has 0 N–H and O–H groups in total. The van der Waals surface area contributed by atoms with Crippen LogP contribution < -0.4 is 15.2 Å². The summed E-state index contributed by atoms with van der Waals surface area (Å²) in [7, 11) is 1.62. The van der Waals surface area contributed by atoms with Gasteiger partial charge in [-0.3, -0.25) is 19.3 Å². The Morgan fingerprint density at radius 3 is 2.64 bits per heavy atom. The van der Waals surface area contributed by atoms with E-state index in [2.05, 4.69) is 0 Å². The molecule has 1 saturated heterocycles. The minimum atomic E-state index is -0.399. The highest BCUT2D eigenvalue weighted by Gasteiger charge is 2.36. The van der Waals surface area contributed by atoms with Crippen molar-refractivity contribution in [3.8, 4) is 5.75 Å². The Kier molecular flexibility index (Phi) is 5.06. The minimum Gasteiger partial charge on any atom is -0.633 e. The fourth-order valence-corrected chi connectivity index (χ4v) is 3.94. The molecule has 0 spiro atoms. The van der Waals surface area contributed by atoms with Crippen LogP contribution in [0.3, 0.4) is 0 Å². The summed E-state index contributed by atoms with van der Waals surface area (Å²) in [5, 5.41) is 14.4. The highest BCUT2D eigenvalue weighted by atomic mass is 127. The molecular weight excluding hydrogens is 475 g/mol. The van der Waals surface area contributed by atoms with Crippen molar-refractivity contribution in [2.24, 2.45) is 0 Å². The smallest absolute Gasteiger partial charge is 0.278 e. The zero-order valence-corrected chi connectivity index (χ0v) is 17.7. The molecule has 0 aliphatic carbocycles. The van der Waals surface area contributed by atoms with E-state index in [4.69, 9.17) is 4.74 Å². The molecule has 9 heteroatoms. The van der Waals surface area contributed by atoms with Gasteiger partial charge in [0.1, 0.15) is 13.3 Å². The van der Waals surface area contributed by atoms with E-state index in [1.54, 1.807) is 22.8 Å². The molecule has 3 heterocycles. The van der Waals surface area contributed by atoms with E-state index in [1.165, 1.54) is 0 Å². The van der Waals surface area contributed by atoms with Crippen molar-refractivity contribution in [2.75, 3.05) is 44.9 Å². The molecule has 0 radical (unpaired) electrons. The zero-order chi connectivity index (χ0) is 19.9. The molecule has 148 valence electrons. The molecule has 1 aromatic heterocycles. The number of carbonyl (C=O) groups is 1. The molecule has 0 saturated carbocycles. The molecular formula is C19H21IN4O4. The minimum absolute atomic E-state index is 0.0652. The van der Waals surface area contributed by atoms with Crippen LogP contribution in [0.4, 0.5) is 0 Å². The largest absolute Gasteiger partial charge is 0.633 e. The maximum Gasteiger partial charge on any atom is 0.278 e. The van der Waals surface area contributed by atoms with E-state index in [-0.39, 0.29) is 29.4 Å². The lowest BCUT2D eigenvalue weighted by Gasteiger charge is -2.47. The van der Waals surface area contributed by atoms with Crippen molar-refractivity contribution in [1.82, 2.24) is 9.58 Å². The summed E-state index contributed by atoms with van der Waals surface area (Å²) in [5.41, 5.74) is 0.853. The van der Waals surface area contributed by atoms with Crippen LogP contribution in [-0.4, -0.2) is 60.0 Å². The van der Waals surface area contributed by atoms with E-state index in [0.717, 1.165) is 5.56 Å². The molecule has 1 unspecified atom stereocenters. The average Bonchev–Trinajstić information content (AvgIpc) is 2.67. The Bertz CT molecular complexity index is 960. The fourth-order valence-electron chi connectivity index (χ4n) is 3.43. The Labute approximate surface area is 176 Å². The number of likely N-dealkylation sites (N-methyl/N-ethyl adjacent to an activating group) is 1. The third kappa shape index (κ3) is 3.61. The number of hydrogen-bond donors (Lipinski definition) is 0. The Morgan fingerprint density at radius 1 is 1.18 bits per heavy atom. The first-order valence-electron chi connectivity index (χ1n) is 9.08. The van der Waals surface area contributed by atoms with Gasteiger partial charge in [0.05, 0.1) is 36.8 Å². The number of hydroxylamine groups is 3. The van der Waals surface area contributed by atoms with E-state index < -0.39 is 4.65 Å². The number of benzene rings is 1. The number of nitrogens with zero attached hydrogens (tertiary/aromatic N) is 4. The quantitative estimate of drug-likeness (QED) is 0.364. The van der Waals surface area contributed by atoms with Gasteiger partial charge in [-0.15, -0.1) is 0 Å². The highest BCUT2D eigenvalue weighted by molar-refractivity contribution is 14.1. The molecule has 28 heavy (non-hydrogen) atoms. The number of fused-ring (bicyclic) bond motifs is 4. The van der Waals surface area contributed by atoms with Gasteiger partial charge in [0.25, 0.3) is 5.91 Å². The van der Waals surface area contributed by atoms with E-state index >= 15 is 0 Å². The standard InChI is InChI=1S/C19H21IN4O4/c1-24(27)9-7-21-13-22(8-10-24)23-11-15(20)17(25)18(16(23)19(21)26)28-12-14-5-3-2-4-6-14/h2-6,11H,7-10,12-13H2,1H3. The van der Waals surface area contributed by atoms with E-state index in [0.29, 0.717) is 36.4 Å². The lowest BCUT2D eigenvalue weighted by molar-refractivity contribution is -0.859. The van der Waals surface area contributed by atoms with E-state index in [1.807, 2.05) is 57.9 Å². The average molecular weight is 496 g/mol. The molecule has 8 nitrogen and oxygen atoms in total. The van der Waals surface area contributed by atoms with E-state index in [9.17, 15) is 14.8 Å². The topological polar surface area (TPSA) is 77.8 Å². The SMILES string of the molecule is C[N+]1([O-])CCN2CN(CC1)n1cc(I)c(=O)c(OCc3ccccc3)c1C2=O. The predicted molar refractivity (Wildman–Crippen MR) is 112 cm³/mol. The second-order valence-electron chi connectivity index (χ2n) is 7.29. The second-order valence-corrected chi connectivity index (χ2v) is 8.45. The monoisotopic (exact) mass is 496 g/mol. The third-order valence-corrected chi connectivity index (χ3v) is 5.90. The van der Waals surface area contributed by atoms with Gasteiger partial charge in [-0.05, 0) is 28.2 Å². The van der Waals surface area contributed by atoms with Crippen LogP contribution >= 0.6 is 22.6 Å². The molecule has 2 aliphatic heterocycles. The summed E-state index contributed by atoms with van der Waals surface area (Å²) < 4.78 is 7.63. The first-order chi connectivity index (χ1) is 13.4. The highest BCUT2D eigenvalue weighted by Crippen LogP contribution is 2.25. The summed E-state index contributed by atoms with van der Waals surface area (Å²) in [6.07, 6.45) is 1.65. The Balaban J connectivity index is 1.75. The van der Waals surface area contributed by atoms with Crippen molar-refractivity contribution >= 4 is 28.5 Å².